The van der Waals surface area contributed by atoms with Crippen molar-refractivity contribution in [3.05, 3.63) is 35.6 Å². The summed E-state index contributed by atoms with van der Waals surface area (Å²) >= 11 is 0. The Morgan fingerprint density at radius 1 is 1.35 bits per heavy atom. The number of carbonyl (C=O) groups is 1. The predicted molar refractivity (Wildman–Crippen MR) is 73.2 cm³/mol. The lowest BCUT2D eigenvalue weighted by Crippen LogP contribution is -2.39. The number of carbonyl (C=O) groups excluding carboxylic acids is 1. The molecule has 1 aromatic rings. The maximum absolute atomic E-state index is 13.8. The Balaban J connectivity index is 2.01. The molecule has 1 aromatic carbocycles. The standard InChI is InChI=1S/C13H17FN2O3S/c1-15-20(18,19)9-8-16-12(17)13(6-7-13)10-4-2-3-5-11(10)14/h2-5,15H,6-9H2,1H3,(H,16,17). The van der Waals surface area contributed by atoms with Gasteiger partial charge in [0.05, 0.1) is 11.2 Å². The molecular formula is C13H17FN2O3S. The monoisotopic (exact) mass is 300 g/mol. The van der Waals surface area contributed by atoms with E-state index in [2.05, 4.69) is 10.0 Å². The number of amides is 1. The minimum Gasteiger partial charge on any atom is -0.354 e. The van der Waals surface area contributed by atoms with Gasteiger partial charge in [0.1, 0.15) is 5.82 Å². The van der Waals surface area contributed by atoms with Gasteiger partial charge in [-0.15, -0.1) is 0 Å². The lowest BCUT2D eigenvalue weighted by atomic mass is 9.94. The first-order chi connectivity index (χ1) is 9.41. The van der Waals surface area contributed by atoms with Crippen LogP contribution in [0, 0.1) is 5.82 Å². The lowest BCUT2D eigenvalue weighted by molar-refractivity contribution is -0.123. The third-order valence-electron chi connectivity index (χ3n) is 3.54. The molecule has 1 saturated carbocycles. The second-order valence-corrected chi connectivity index (χ2v) is 6.89. The quantitative estimate of drug-likeness (QED) is 0.804. The van der Waals surface area contributed by atoms with Crippen molar-refractivity contribution in [1.82, 2.24) is 10.0 Å². The summed E-state index contributed by atoms with van der Waals surface area (Å²) in [5.41, 5.74) is -0.441. The van der Waals surface area contributed by atoms with Crippen molar-refractivity contribution in [3.63, 3.8) is 0 Å². The summed E-state index contributed by atoms with van der Waals surface area (Å²) in [5.74, 6) is -0.903. The first-order valence-electron chi connectivity index (χ1n) is 6.36. The molecule has 0 unspecified atom stereocenters. The van der Waals surface area contributed by atoms with Crippen LogP contribution in [0.5, 0.6) is 0 Å². The number of rotatable bonds is 6. The molecule has 0 aromatic heterocycles. The third-order valence-corrected chi connectivity index (χ3v) is 4.91. The van der Waals surface area contributed by atoms with Crippen molar-refractivity contribution >= 4 is 15.9 Å². The number of halogens is 1. The van der Waals surface area contributed by atoms with Gasteiger partial charge in [-0.1, -0.05) is 18.2 Å². The summed E-state index contributed by atoms with van der Waals surface area (Å²) in [7, 11) is -2.03. The van der Waals surface area contributed by atoms with E-state index in [0.717, 1.165) is 0 Å². The van der Waals surface area contributed by atoms with Crippen LogP contribution >= 0.6 is 0 Å². The van der Waals surface area contributed by atoms with Crippen LogP contribution in [0.1, 0.15) is 18.4 Å². The van der Waals surface area contributed by atoms with E-state index in [1.807, 2.05) is 0 Å². The molecule has 1 amide bonds. The summed E-state index contributed by atoms with van der Waals surface area (Å²) in [6, 6.07) is 6.20. The highest BCUT2D eigenvalue weighted by Gasteiger charge is 2.52. The Morgan fingerprint density at radius 2 is 2.00 bits per heavy atom. The van der Waals surface area contributed by atoms with Gasteiger partial charge in [0.2, 0.25) is 15.9 Å². The molecule has 110 valence electrons. The molecule has 0 radical (unpaired) electrons. The zero-order chi connectivity index (χ0) is 14.8. The van der Waals surface area contributed by atoms with E-state index in [0.29, 0.717) is 18.4 Å². The Morgan fingerprint density at radius 3 is 2.55 bits per heavy atom. The molecule has 7 heteroatoms. The molecule has 2 N–H and O–H groups in total. The van der Waals surface area contributed by atoms with Gasteiger partial charge in [-0.05, 0) is 26.0 Å². The van der Waals surface area contributed by atoms with Crippen molar-refractivity contribution in [2.45, 2.75) is 18.3 Å². The number of benzene rings is 1. The van der Waals surface area contributed by atoms with Crippen LogP contribution in [0.2, 0.25) is 0 Å². The van der Waals surface area contributed by atoms with E-state index in [9.17, 15) is 17.6 Å². The van der Waals surface area contributed by atoms with Gasteiger partial charge in [-0.2, -0.15) is 0 Å². The fourth-order valence-electron chi connectivity index (χ4n) is 2.16. The first kappa shape index (κ1) is 14.9. The van der Waals surface area contributed by atoms with Crippen LogP contribution in [-0.4, -0.2) is 33.7 Å². The van der Waals surface area contributed by atoms with E-state index in [-0.39, 0.29) is 18.2 Å². The first-order valence-corrected chi connectivity index (χ1v) is 8.01. The fourth-order valence-corrected chi connectivity index (χ4v) is 2.74. The Kier molecular flexibility index (Phi) is 4.10. The molecule has 1 fully saturated rings. The van der Waals surface area contributed by atoms with Gasteiger partial charge in [0, 0.05) is 12.1 Å². The van der Waals surface area contributed by atoms with Crippen molar-refractivity contribution in [2.75, 3.05) is 19.3 Å². The molecule has 0 saturated heterocycles. The molecule has 0 spiro atoms. The number of hydrogen-bond acceptors (Lipinski definition) is 3. The van der Waals surface area contributed by atoms with E-state index in [1.165, 1.54) is 13.1 Å². The third kappa shape index (κ3) is 2.99. The molecule has 1 aliphatic rings. The van der Waals surface area contributed by atoms with Crippen molar-refractivity contribution in [3.8, 4) is 0 Å². The van der Waals surface area contributed by atoms with Crippen molar-refractivity contribution in [1.29, 1.82) is 0 Å². The zero-order valence-electron chi connectivity index (χ0n) is 11.1. The van der Waals surface area contributed by atoms with Crippen LogP contribution in [0.3, 0.4) is 0 Å². The molecule has 0 heterocycles. The van der Waals surface area contributed by atoms with Crippen LogP contribution < -0.4 is 10.0 Å². The van der Waals surface area contributed by atoms with Crippen LogP contribution in [0.4, 0.5) is 4.39 Å². The summed E-state index contributed by atoms with van der Waals surface area (Å²) in [6.45, 7) is 0.0121. The van der Waals surface area contributed by atoms with Crippen LogP contribution in [-0.2, 0) is 20.2 Å². The predicted octanol–water partition coefficient (Wildman–Crippen LogP) is 0.523. The van der Waals surface area contributed by atoms with Gasteiger partial charge in [0.15, 0.2) is 0 Å². The van der Waals surface area contributed by atoms with Crippen molar-refractivity contribution in [2.24, 2.45) is 0 Å². The molecule has 0 aliphatic heterocycles. The maximum atomic E-state index is 13.8. The minimum absolute atomic E-state index is 0.0121. The smallest absolute Gasteiger partial charge is 0.230 e. The van der Waals surface area contributed by atoms with Gasteiger partial charge >= 0.3 is 0 Å². The van der Waals surface area contributed by atoms with Crippen LogP contribution in [0.25, 0.3) is 0 Å². The molecule has 5 nitrogen and oxygen atoms in total. The van der Waals surface area contributed by atoms with E-state index in [1.54, 1.807) is 18.2 Å². The molecule has 2 rings (SSSR count). The van der Waals surface area contributed by atoms with E-state index >= 15 is 0 Å². The zero-order valence-corrected chi connectivity index (χ0v) is 12.0. The van der Waals surface area contributed by atoms with Gasteiger partial charge in [-0.25, -0.2) is 17.5 Å². The van der Waals surface area contributed by atoms with Gasteiger partial charge in [-0.3, -0.25) is 4.79 Å². The summed E-state index contributed by atoms with van der Waals surface area (Å²) in [4.78, 5) is 12.2. The van der Waals surface area contributed by atoms with Crippen molar-refractivity contribution < 1.29 is 17.6 Å². The topological polar surface area (TPSA) is 75.3 Å². The number of nitrogens with one attached hydrogen (secondary N) is 2. The highest BCUT2D eigenvalue weighted by atomic mass is 32.2. The summed E-state index contributed by atoms with van der Waals surface area (Å²) < 4.78 is 38.4. The van der Waals surface area contributed by atoms with E-state index < -0.39 is 21.3 Å². The molecule has 0 atom stereocenters. The highest BCUT2D eigenvalue weighted by molar-refractivity contribution is 7.89. The van der Waals surface area contributed by atoms with Gasteiger partial charge in [0.25, 0.3) is 0 Å². The maximum Gasteiger partial charge on any atom is 0.230 e. The average Bonchev–Trinajstić information content (AvgIpc) is 3.20. The fraction of sp³-hybridized carbons (Fsp3) is 0.462. The largest absolute Gasteiger partial charge is 0.354 e. The Hall–Kier alpha value is -1.47. The normalized spacial score (nSPS) is 16.7. The second kappa shape index (κ2) is 5.49. The second-order valence-electron chi connectivity index (χ2n) is 4.84. The Bertz CT molecular complexity index is 612. The number of sulfonamides is 1. The highest BCUT2D eigenvalue weighted by Crippen LogP contribution is 2.49. The number of hydrogen-bond donors (Lipinski definition) is 2. The minimum atomic E-state index is -3.35. The van der Waals surface area contributed by atoms with E-state index in [4.69, 9.17) is 0 Å². The molecular weight excluding hydrogens is 283 g/mol. The molecule has 1 aliphatic carbocycles. The molecule has 20 heavy (non-hydrogen) atoms. The Labute approximate surface area is 117 Å². The summed E-state index contributed by atoms with van der Waals surface area (Å²) in [6.07, 6.45) is 1.16. The average molecular weight is 300 g/mol. The lowest BCUT2D eigenvalue weighted by Gasteiger charge is -2.16. The van der Waals surface area contributed by atoms with Gasteiger partial charge < -0.3 is 5.32 Å². The van der Waals surface area contributed by atoms with Crippen LogP contribution in [0.15, 0.2) is 24.3 Å². The molecule has 0 bridgehead atoms. The SMILES string of the molecule is CNS(=O)(=O)CCNC(=O)C1(c2ccccc2F)CC1. The summed E-state index contributed by atoms with van der Waals surface area (Å²) in [5, 5.41) is 2.58.